The lowest BCUT2D eigenvalue weighted by Crippen LogP contribution is -2.40. The monoisotopic (exact) mass is 259 g/mol. The number of amides is 1. The van der Waals surface area contributed by atoms with E-state index in [9.17, 15) is 4.79 Å². The number of carbonyl (C=O) groups is 1. The third-order valence-electron chi connectivity index (χ3n) is 2.56. The lowest BCUT2D eigenvalue weighted by atomic mass is 10.1. The van der Waals surface area contributed by atoms with E-state index >= 15 is 0 Å². The Morgan fingerprint density at radius 2 is 2.05 bits per heavy atom. The summed E-state index contributed by atoms with van der Waals surface area (Å²) in [4.78, 5) is 20.4. The Labute approximate surface area is 112 Å². The Kier molecular flexibility index (Phi) is 3.38. The maximum atomic E-state index is 12.3. The van der Waals surface area contributed by atoms with Gasteiger partial charge in [0.25, 0.3) is 5.91 Å². The molecule has 1 N–H and O–H groups in total. The summed E-state index contributed by atoms with van der Waals surface area (Å²) < 4.78 is 5.27. The molecule has 2 rings (SSSR count). The zero-order valence-electron chi connectivity index (χ0n) is 11.5. The summed E-state index contributed by atoms with van der Waals surface area (Å²) in [6, 6.07) is 3.49. The van der Waals surface area contributed by atoms with Crippen LogP contribution in [0.4, 0.5) is 0 Å². The highest BCUT2D eigenvalue weighted by molar-refractivity contribution is 6.01. The highest BCUT2D eigenvalue weighted by Gasteiger charge is 2.19. The zero-order valence-corrected chi connectivity index (χ0v) is 11.5. The fourth-order valence-electron chi connectivity index (χ4n) is 1.76. The number of ether oxygens (including phenoxy) is 1. The van der Waals surface area contributed by atoms with Crippen LogP contribution >= 0.6 is 0 Å². The van der Waals surface area contributed by atoms with Crippen LogP contribution in [0.1, 0.15) is 31.1 Å². The van der Waals surface area contributed by atoms with E-state index in [0.717, 1.165) is 10.9 Å². The van der Waals surface area contributed by atoms with Gasteiger partial charge < -0.3 is 10.1 Å². The van der Waals surface area contributed by atoms with Crippen LogP contribution in [0.3, 0.4) is 0 Å². The number of rotatable bonds is 2. The minimum Gasteiger partial charge on any atom is -0.496 e. The van der Waals surface area contributed by atoms with E-state index in [4.69, 9.17) is 4.74 Å². The first-order valence-electron chi connectivity index (χ1n) is 6.01. The van der Waals surface area contributed by atoms with E-state index in [1.54, 1.807) is 18.3 Å². The predicted octanol–water partition coefficient (Wildman–Crippen LogP) is 2.17. The lowest BCUT2D eigenvalue weighted by molar-refractivity contribution is 0.0916. The van der Waals surface area contributed by atoms with Crippen LogP contribution in [0.15, 0.2) is 24.7 Å². The summed E-state index contributed by atoms with van der Waals surface area (Å²) >= 11 is 0. The second-order valence-electron chi connectivity index (χ2n) is 5.34. The molecule has 100 valence electrons. The van der Waals surface area contributed by atoms with Crippen LogP contribution in [-0.2, 0) is 0 Å². The predicted molar refractivity (Wildman–Crippen MR) is 73.3 cm³/mol. The minimum absolute atomic E-state index is 0.171. The smallest absolute Gasteiger partial charge is 0.255 e. The highest BCUT2D eigenvalue weighted by Crippen LogP contribution is 2.24. The third kappa shape index (κ3) is 2.99. The molecule has 5 heteroatoms. The van der Waals surface area contributed by atoms with Crippen LogP contribution in [0, 0.1) is 0 Å². The summed E-state index contributed by atoms with van der Waals surface area (Å²) in [5.74, 6) is 0.336. The Morgan fingerprint density at radius 1 is 1.32 bits per heavy atom. The van der Waals surface area contributed by atoms with Crippen LogP contribution in [-0.4, -0.2) is 28.5 Å². The molecule has 0 aliphatic rings. The molecule has 0 unspecified atom stereocenters. The van der Waals surface area contributed by atoms with E-state index < -0.39 is 0 Å². The Morgan fingerprint density at radius 3 is 2.68 bits per heavy atom. The van der Waals surface area contributed by atoms with Crippen molar-refractivity contribution >= 4 is 16.8 Å². The van der Waals surface area contributed by atoms with Gasteiger partial charge in [0.05, 0.1) is 18.2 Å². The van der Waals surface area contributed by atoms with Gasteiger partial charge in [0.2, 0.25) is 0 Å². The average molecular weight is 259 g/mol. The summed E-state index contributed by atoms with van der Waals surface area (Å²) in [6.45, 7) is 5.80. The van der Waals surface area contributed by atoms with Crippen molar-refractivity contribution in [2.24, 2.45) is 0 Å². The number of methoxy groups -OCH3 is 1. The van der Waals surface area contributed by atoms with Gasteiger partial charge >= 0.3 is 0 Å². The van der Waals surface area contributed by atoms with Crippen LogP contribution in [0.5, 0.6) is 5.75 Å². The molecule has 0 atom stereocenters. The third-order valence-corrected chi connectivity index (χ3v) is 2.56. The van der Waals surface area contributed by atoms with Crippen LogP contribution in [0.25, 0.3) is 10.9 Å². The van der Waals surface area contributed by atoms with Crippen molar-refractivity contribution in [2.75, 3.05) is 7.11 Å². The Balaban J connectivity index is 2.49. The van der Waals surface area contributed by atoms with Gasteiger partial charge in [-0.15, -0.1) is 0 Å². The molecule has 2 aromatic rings. The lowest BCUT2D eigenvalue weighted by Gasteiger charge is -2.21. The molecular formula is C14H17N3O2. The summed E-state index contributed by atoms with van der Waals surface area (Å²) in [5.41, 5.74) is 0.934. The number of nitrogens with one attached hydrogen (secondary N) is 1. The number of nitrogens with zero attached hydrogens (tertiary/aromatic N) is 2. The number of carbonyl (C=O) groups excluding carboxylic acids is 1. The SMILES string of the molecule is COc1cc2ncncc2cc1C(=O)NC(C)(C)C. The molecule has 1 amide bonds. The fraction of sp³-hybridized carbons (Fsp3) is 0.357. The number of benzene rings is 1. The largest absolute Gasteiger partial charge is 0.496 e. The van der Waals surface area contributed by atoms with Crippen LogP contribution < -0.4 is 10.1 Å². The molecule has 0 spiro atoms. The van der Waals surface area contributed by atoms with Gasteiger partial charge in [0.1, 0.15) is 12.1 Å². The summed E-state index contributed by atoms with van der Waals surface area (Å²) in [6.07, 6.45) is 3.15. The van der Waals surface area contributed by atoms with Crippen molar-refractivity contribution in [3.63, 3.8) is 0 Å². The molecule has 0 saturated carbocycles. The first kappa shape index (κ1) is 13.3. The number of hydrogen-bond donors (Lipinski definition) is 1. The van der Waals surface area contributed by atoms with E-state index in [1.807, 2.05) is 20.8 Å². The van der Waals surface area contributed by atoms with Gasteiger partial charge in [-0.25, -0.2) is 9.97 Å². The van der Waals surface area contributed by atoms with Crippen molar-refractivity contribution in [3.8, 4) is 5.75 Å². The van der Waals surface area contributed by atoms with E-state index in [2.05, 4.69) is 15.3 Å². The van der Waals surface area contributed by atoms with Gasteiger partial charge in [0.15, 0.2) is 0 Å². The van der Waals surface area contributed by atoms with Crippen molar-refractivity contribution in [1.82, 2.24) is 15.3 Å². The van der Waals surface area contributed by atoms with Crippen molar-refractivity contribution in [2.45, 2.75) is 26.3 Å². The number of hydrogen-bond acceptors (Lipinski definition) is 4. The standard InChI is InChI=1S/C14H17N3O2/c1-14(2,3)17-13(18)10-5-9-7-15-8-16-11(9)6-12(10)19-4/h5-8H,1-4H3,(H,17,18). The highest BCUT2D eigenvalue weighted by atomic mass is 16.5. The van der Waals surface area contributed by atoms with Crippen LogP contribution in [0.2, 0.25) is 0 Å². The molecule has 0 aliphatic carbocycles. The molecule has 5 nitrogen and oxygen atoms in total. The average Bonchev–Trinajstić information content (AvgIpc) is 2.35. The molecule has 0 aliphatic heterocycles. The molecule has 1 aromatic heterocycles. The van der Waals surface area contributed by atoms with Crippen molar-refractivity contribution in [3.05, 3.63) is 30.2 Å². The van der Waals surface area contributed by atoms with E-state index in [0.29, 0.717) is 11.3 Å². The molecule has 0 saturated heterocycles. The Bertz CT molecular complexity index is 618. The Hall–Kier alpha value is -2.17. The fourth-order valence-corrected chi connectivity index (χ4v) is 1.76. The van der Waals surface area contributed by atoms with Crippen molar-refractivity contribution < 1.29 is 9.53 Å². The van der Waals surface area contributed by atoms with E-state index in [-0.39, 0.29) is 11.4 Å². The molecule has 0 bridgehead atoms. The molecule has 19 heavy (non-hydrogen) atoms. The van der Waals surface area contributed by atoms with Gasteiger partial charge in [-0.1, -0.05) is 0 Å². The van der Waals surface area contributed by atoms with E-state index in [1.165, 1.54) is 13.4 Å². The number of aromatic nitrogens is 2. The summed E-state index contributed by atoms with van der Waals surface area (Å²) in [7, 11) is 1.54. The summed E-state index contributed by atoms with van der Waals surface area (Å²) in [5, 5.41) is 3.72. The van der Waals surface area contributed by atoms with Crippen molar-refractivity contribution in [1.29, 1.82) is 0 Å². The molecule has 1 heterocycles. The topological polar surface area (TPSA) is 64.1 Å². The number of fused-ring (bicyclic) bond motifs is 1. The molecule has 0 radical (unpaired) electrons. The first-order chi connectivity index (χ1) is 8.90. The zero-order chi connectivity index (χ0) is 14.0. The van der Waals surface area contributed by atoms with Gasteiger partial charge in [-0.2, -0.15) is 0 Å². The van der Waals surface area contributed by atoms with Gasteiger partial charge in [-0.05, 0) is 26.8 Å². The quantitative estimate of drug-likeness (QED) is 0.897. The maximum absolute atomic E-state index is 12.3. The maximum Gasteiger partial charge on any atom is 0.255 e. The molecular weight excluding hydrogens is 242 g/mol. The normalized spacial score (nSPS) is 11.4. The van der Waals surface area contributed by atoms with Gasteiger partial charge in [-0.3, -0.25) is 4.79 Å². The molecule has 1 aromatic carbocycles. The van der Waals surface area contributed by atoms with Gasteiger partial charge in [0, 0.05) is 23.2 Å². The first-order valence-corrected chi connectivity index (χ1v) is 6.01. The molecule has 0 fully saturated rings. The second kappa shape index (κ2) is 4.84. The minimum atomic E-state index is -0.301. The second-order valence-corrected chi connectivity index (χ2v) is 5.34.